The Hall–Kier alpha value is -1.62. The summed E-state index contributed by atoms with van der Waals surface area (Å²) in [6, 6.07) is 6.51. The summed E-state index contributed by atoms with van der Waals surface area (Å²) in [5.41, 5.74) is 2.06. The maximum atomic E-state index is 11.1. The summed E-state index contributed by atoms with van der Waals surface area (Å²) in [5.74, 6) is 0. The summed E-state index contributed by atoms with van der Waals surface area (Å²) in [4.78, 5) is 13.2. The summed E-state index contributed by atoms with van der Waals surface area (Å²) in [5, 5.41) is 14.6. The molecule has 5 nitrogen and oxygen atoms in total. The SMILES string of the molecule is Cc1c(N(CC2CCCN2)C2CC2)cccc1[N+](=O)[O-]. The van der Waals surface area contributed by atoms with Gasteiger partial charge in [-0.1, -0.05) is 6.07 Å². The van der Waals surface area contributed by atoms with E-state index in [9.17, 15) is 10.1 Å². The van der Waals surface area contributed by atoms with Gasteiger partial charge in [0.1, 0.15) is 0 Å². The van der Waals surface area contributed by atoms with E-state index in [0.717, 1.165) is 24.3 Å². The molecule has 0 spiro atoms. The molecule has 1 aromatic carbocycles. The molecule has 1 aliphatic carbocycles. The number of benzene rings is 1. The number of nitro benzene ring substituents is 1. The van der Waals surface area contributed by atoms with Gasteiger partial charge in [0.2, 0.25) is 0 Å². The number of hydrogen-bond donors (Lipinski definition) is 1. The molecule has 3 rings (SSSR count). The standard InChI is InChI=1S/C15H21N3O2/c1-11-14(5-2-6-15(11)18(19)20)17(13-7-8-13)10-12-4-3-9-16-12/h2,5-6,12-13,16H,3-4,7-10H2,1H3. The summed E-state index contributed by atoms with van der Waals surface area (Å²) in [6.45, 7) is 3.93. The topological polar surface area (TPSA) is 58.4 Å². The van der Waals surface area contributed by atoms with Gasteiger partial charge in [-0.3, -0.25) is 10.1 Å². The molecule has 1 unspecified atom stereocenters. The summed E-state index contributed by atoms with van der Waals surface area (Å²) >= 11 is 0. The van der Waals surface area contributed by atoms with Crippen LogP contribution in [0.2, 0.25) is 0 Å². The lowest BCUT2D eigenvalue weighted by Gasteiger charge is -2.29. The lowest BCUT2D eigenvalue weighted by Crippen LogP contribution is -2.39. The van der Waals surface area contributed by atoms with Gasteiger partial charge in [0.15, 0.2) is 0 Å². The van der Waals surface area contributed by atoms with E-state index in [1.807, 2.05) is 13.0 Å². The highest BCUT2D eigenvalue weighted by molar-refractivity contribution is 5.62. The molecular weight excluding hydrogens is 254 g/mol. The van der Waals surface area contributed by atoms with Crippen molar-refractivity contribution in [2.45, 2.75) is 44.7 Å². The Morgan fingerprint density at radius 3 is 2.80 bits per heavy atom. The third-order valence-corrected chi connectivity index (χ3v) is 4.35. The highest BCUT2D eigenvalue weighted by Crippen LogP contribution is 2.36. The summed E-state index contributed by atoms with van der Waals surface area (Å²) < 4.78 is 0. The van der Waals surface area contributed by atoms with Crippen LogP contribution >= 0.6 is 0 Å². The molecule has 1 heterocycles. The van der Waals surface area contributed by atoms with Crippen molar-refractivity contribution in [2.75, 3.05) is 18.0 Å². The highest BCUT2D eigenvalue weighted by Gasteiger charge is 2.33. The molecule has 1 saturated heterocycles. The minimum Gasteiger partial charge on any atom is -0.367 e. The first-order chi connectivity index (χ1) is 9.66. The fraction of sp³-hybridized carbons (Fsp3) is 0.600. The van der Waals surface area contributed by atoms with Gasteiger partial charge in [-0.25, -0.2) is 0 Å². The smallest absolute Gasteiger partial charge is 0.274 e. The van der Waals surface area contributed by atoms with Crippen molar-refractivity contribution in [2.24, 2.45) is 0 Å². The Morgan fingerprint density at radius 1 is 1.40 bits per heavy atom. The van der Waals surface area contributed by atoms with E-state index in [0.29, 0.717) is 12.1 Å². The van der Waals surface area contributed by atoms with Crippen LogP contribution < -0.4 is 10.2 Å². The number of nitrogens with one attached hydrogen (secondary N) is 1. The van der Waals surface area contributed by atoms with Crippen LogP contribution in [0.1, 0.15) is 31.2 Å². The minimum atomic E-state index is -0.280. The first kappa shape index (κ1) is 13.4. The van der Waals surface area contributed by atoms with Gasteiger partial charge in [0.05, 0.1) is 10.5 Å². The maximum Gasteiger partial charge on any atom is 0.274 e. The van der Waals surface area contributed by atoms with Gasteiger partial charge in [0, 0.05) is 30.4 Å². The van der Waals surface area contributed by atoms with Crippen molar-refractivity contribution in [3.8, 4) is 0 Å². The Morgan fingerprint density at radius 2 is 2.20 bits per heavy atom. The fourth-order valence-electron chi connectivity index (χ4n) is 3.10. The molecular formula is C15H21N3O2. The number of nitro groups is 1. The molecule has 0 bridgehead atoms. The van der Waals surface area contributed by atoms with Gasteiger partial charge >= 0.3 is 0 Å². The molecule has 108 valence electrons. The Balaban J connectivity index is 1.87. The van der Waals surface area contributed by atoms with Gasteiger partial charge in [-0.15, -0.1) is 0 Å². The van der Waals surface area contributed by atoms with Crippen LogP contribution in [0.15, 0.2) is 18.2 Å². The monoisotopic (exact) mass is 275 g/mol. The van der Waals surface area contributed by atoms with E-state index >= 15 is 0 Å². The van der Waals surface area contributed by atoms with Crippen molar-refractivity contribution in [1.82, 2.24) is 5.32 Å². The molecule has 0 aromatic heterocycles. The Bertz CT molecular complexity index is 508. The zero-order valence-corrected chi connectivity index (χ0v) is 11.8. The van der Waals surface area contributed by atoms with E-state index in [4.69, 9.17) is 0 Å². The third-order valence-electron chi connectivity index (χ3n) is 4.35. The lowest BCUT2D eigenvalue weighted by molar-refractivity contribution is -0.385. The Kier molecular flexibility index (Phi) is 3.61. The zero-order chi connectivity index (χ0) is 14.1. The average Bonchev–Trinajstić information content (AvgIpc) is 3.14. The molecule has 1 aromatic rings. The van der Waals surface area contributed by atoms with E-state index in [-0.39, 0.29) is 10.6 Å². The predicted octanol–water partition coefficient (Wildman–Crippen LogP) is 2.62. The van der Waals surface area contributed by atoms with Crippen LogP contribution in [-0.2, 0) is 0 Å². The molecule has 5 heteroatoms. The predicted molar refractivity (Wildman–Crippen MR) is 79.2 cm³/mol. The largest absolute Gasteiger partial charge is 0.367 e. The molecule has 20 heavy (non-hydrogen) atoms. The van der Waals surface area contributed by atoms with Gasteiger partial charge in [0.25, 0.3) is 5.69 Å². The van der Waals surface area contributed by atoms with Crippen LogP contribution in [-0.4, -0.2) is 30.1 Å². The van der Waals surface area contributed by atoms with Crippen LogP contribution in [0.3, 0.4) is 0 Å². The van der Waals surface area contributed by atoms with E-state index in [2.05, 4.69) is 10.2 Å². The van der Waals surface area contributed by atoms with Crippen molar-refractivity contribution in [3.63, 3.8) is 0 Å². The third kappa shape index (κ3) is 2.63. The number of anilines is 1. The number of hydrogen-bond acceptors (Lipinski definition) is 4. The van der Waals surface area contributed by atoms with Crippen molar-refractivity contribution in [1.29, 1.82) is 0 Å². The molecule has 2 aliphatic rings. The second-order valence-electron chi connectivity index (χ2n) is 5.86. The second kappa shape index (κ2) is 5.40. The molecule has 1 aliphatic heterocycles. The van der Waals surface area contributed by atoms with E-state index < -0.39 is 0 Å². The second-order valence-corrected chi connectivity index (χ2v) is 5.86. The first-order valence-electron chi connectivity index (χ1n) is 7.41. The number of nitrogens with zero attached hydrogens (tertiary/aromatic N) is 2. The van der Waals surface area contributed by atoms with E-state index in [1.54, 1.807) is 12.1 Å². The van der Waals surface area contributed by atoms with Gasteiger partial charge < -0.3 is 10.2 Å². The minimum absolute atomic E-state index is 0.229. The van der Waals surface area contributed by atoms with Gasteiger partial charge in [-0.2, -0.15) is 0 Å². The van der Waals surface area contributed by atoms with Crippen LogP contribution in [0.25, 0.3) is 0 Å². The molecule has 2 fully saturated rings. The summed E-state index contributed by atoms with van der Waals surface area (Å²) in [6.07, 6.45) is 4.85. The number of rotatable bonds is 5. The molecule has 0 radical (unpaired) electrons. The molecule has 1 saturated carbocycles. The normalized spacial score (nSPS) is 21.9. The van der Waals surface area contributed by atoms with E-state index in [1.165, 1.54) is 25.7 Å². The highest BCUT2D eigenvalue weighted by atomic mass is 16.6. The molecule has 1 atom stereocenters. The van der Waals surface area contributed by atoms with Crippen molar-refractivity contribution in [3.05, 3.63) is 33.9 Å². The van der Waals surface area contributed by atoms with Crippen LogP contribution in [0.5, 0.6) is 0 Å². The van der Waals surface area contributed by atoms with Crippen LogP contribution in [0, 0.1) is 17.0 Å². The zero-order valence-electron chi connectivity index (χ0n) is 11.8. The van der Waals surface area contributed by atoms with Crippen LogP contribution in [0.4, 0.5) is 11.4 Å². The van der Waals surface area contributed by atoms with Crippen molar-refractivity contribution < 1.29 is 4.92 Å². The molecule has 0 amide bonds. The maximum absolute atomic E-state index is 11.1. The summed E-state index contributed by atoms with van der Waals surface area (Å²) in [7, 11) is 0. The fourth-order valence-corrected chi connectivity index (χ4v) is 3.10. The quantitative estimate of drug-likeness (QED) is 0.663. The molecule has 1 N–H and O–H groups in total. The van der Waals surface area contributed by atoms with Crippen molar-refractivity contribution >= 4 is 11.4 Å². The Labute approximate surface area is 119 Å². The first-order valence-corrected chi connectivity index (χ1v) is 7.41. The lowest BCUT2D eigenvalue weighted by atomic mass is 10.1. The van der Waals surface area contributed by atoms with Gasteiger partial charge in [-0.05, 0) is 45.2 Å². The average molecular weight is 275 g/mol.